The van der Waals surface area contributed by atoms with E-state index in [0.717, 1.165) is 49.0 Å². The summed E-state index contributed by atoms with van der Waals surface area (Å²) in [5.74, 6) is 0.486. The third-order valence-electron chi connectivity index (χ3n) is 5.78. The van der Waals surface area contributed by atoms with Crippen LogP contribution >= 0.6 is 11.6 Å². The largest absolute Gasteiger partial charge is 0.369 e. The van der Waals surface area contributed by atoms with Gasteiger partial charge in [-0.15, -0.1) is 0 Å². The molecule has 1 aliphatic heterocycles. The molecule has 28 heavy (non-hydrogen) atoms. The summed E-state index contributed by atoms with van der Waals surface area (Å²) in [6.07, 6.45) is 1.05. The summed E-state index contributed by atoms with van der Waals surface area (Å²) in [5, 5.41) is 3.92. The van der Waals surface area contributed by atoms with Gasteiger partial charge in [-0.1, -0.05) is 49.7 Å². The number of piperazine rings is 1. The van der Waals surface area contributed by atoms with Gasteiger partial charge in [0.15, 0.2) is 0 Å². The van der Waals surface area contributed by atoms with Crippen molar-refractivity contribution in [3.05, 3.63) is 59.1 Å². The Hall–Kier alpha value is -2.04. The van der Waals surface area contributed by atoms with E-state index in [4.69, 9.17) is 11.6 Å². The topological polar surface area (TPSA) is 35.6 Å². The molecule has 0 unspecified atom stereocenters. The zero-order chi connectivity index (χ0) is 20.1. The minimum absolute atomic E-state index is 0.0620. The molecule has 1 fully saturated rings. The first-order valence-corrected chi connectivity index (χ1v) is 10.5. The lowest BCUT2D eigenvalue weighted by Crippen LogP contribution is -2.52. The highest BCUT2D eigenvalue weighted by Gasteiger charge is 2.26. The molecule has 1 aliphatic rings. The van der Waals surface area contributed by atoms with Gasteiger partial charge in [0.1, 0.15) is 0 Å². The molecule has 3 rings (SSSR count). The fraction of sp³-hybridized carbons (Fsp3) is 0.435. The Morgan fingerprint density at radius 3 is 2.46 bits per heavy atom. The molecular weight excluding hydrogens is 370 g/mol. The van der Waals surface area contributed by atoms with E-state index in [1.165, 1.54) is 5.56 Å². The van der Waals surface area contributed by atoms with Crippen molar-refractivity contribution in [2.24, 2.45) is 0 Å². The second-order valence-electron chi connectivity index (χ2n) is 7.56. The molecule has 0 saturated carbocycles. The van der Waals surface area contributed by atoms with E-state index < -0.39 is 0 Å². The monoisotopic (exact) mass is 399 g/mol. The first kappa shape index (κ1) is 20.7. The molecule has 150 valence electrons. The van der Waals surface area contributed by atoms with Gasteiger partial charge in [-0.3, -0.25) is 9.69 Å². The summed E-state index contributed by atoms with van der Waals surface area (Å²) in [7, 11) is 0. The lowest BCUT2D eigenvalue weighted by atomic mass is 9.97. The Bertz CT molecular complexity index is 802. The molecule has 2 atom stereocenters. The maximum Gasteiger partial charge on any atom is 0.241 e. The number of anilines is 2. The minimum atomic E-state index is -0.161. The number of amides is 1. The molecule has 1 heterocycles. The smallest absolute Gasteiger partial charge is 0.241 e. The van der Waals surface area contributed by atoms with E-state index in [1.807, 2.05) is 43.3 Å². The van der Waals surface area contributed by atoms with Crippen LogP contribution in [0.2, 0.25) is 5.02 Å². The van der Waals surface area contributed by atoms with Crippen molar-refractivity contribution < 1.29 is 4.79 Å². The van der Waals surface area contributed by atoms with E-state index in [2.05, 4.69) is 41.1 Å². The van der Waals surface area contributed by atoms with Crippen LogP contribution in [0, 0.1) is 0 Å². The predicted octanol–water partition coefficient (Wildman–Crippen LogP) is 5.00. The Kier molecular flexibility index (Phi) is 6.97. The molecule has 0 spiro atoms. The summed E-state index contributed by atoms with van der Waals surface area (Å²) in [6.45, 7) is 9.86. The number of carbonyl (C=O) groups excluding carboxylic acids is 1. The minimum Gasteiger partial charge on any atom is -0.369 e. The molecule has 2 aromatic carbocycles. The lowest BCUT2D eigenvalue weighted by molar-refractivity contribution is -0.120. The number of nitrogens with one attached hydrogen (secondary N) is 1. The van der Waals surface area contributed by atoms with E-state index in [1.54, 1.807) is 0 Å². The Labute approximate surface area is 173 Å². The quantitative estimate of drug-likeness (QED) is 0.742. The molecule has 0 aliphatic carbocycles. The molecule has 0 aromatic heterocycles. The van der Waals surface area contributed by atoms with Gasteiger partial charge in [-0.25, -0.2) is 0 Å². The molecule has 1 saturated heterocycles. The summed E-state index contributed by atoms with van der Waals surface area (Å²) >= 11 is 6.12. The average molecular weight is 400 g/mol. The number of nitrogens with zero attached hydrogens (tertiary/aromatic N) is 2. The van der Waals surface area contributed by atoms with Crippen molar-refractivity contribution in [1.82, 2.24) is 4.90 Å². The van der Waals surface area contributed by atoms with Gasteiger partial charge in [0.25, 0.3) is 0 Å². The average Bonchev–Trinajstić information content (AvgIpc) is 2.73. The predicted molar refractivity (Wildman–Crippen MR) is 118 cm³/mol. The van der Waals surface area contributed by atoms with Crippen LogP contribution in [0.15, 0.2) is 48.5 Å². The fourth-order valence-corrected chi connectivity index (χ4v) is 3.89. The van der Waals surface area contributed by atoms with Crippen LogP contribution < -0.4 is 10.2 Å². The first-order chi connectivity index (χ1) is 13.5. The highest BCUT2D eigenvalue weighted by Crippen LogP contribution is 2.27. The number of benzene rings is 2. The highest BCUT2D eigenvalue weighted by atomic mass is 35.5. The van der Waals surface area contributed by atoms with Crippen LogP contribution in [-0.2, 0) is 4.79 Å². The number of hydrogen-bond donors (Lipinski definition) is 1. The Morgan fingerprint density at radius 2 is 1.79 bits per heavy atom. The summed E-state index contributed by atoms with van der Waals surface area (Å²) in [5.41, 5.74) is 3.29. The summed E-state index contributed by atoms with van der Waals surface area (Å²) in [6, 6.07) is 15.9. The number of halogens is 1. The molecule has 0 radical (unpaired) electrons. The van der Waals surface area contributed by atoms with Crippen molar-refractivity contribution >= 4 is 28.9 Å². The van der Waals surface area contributed by atoms with Crippen LogP contribution in [0.25, 0.3) is 0 Å². The summed E-state index contributed by atoms with van der Waals surface area (Å²) < 4.78 is 0. The second kappa shape index (κ2) is 9.44. The van der Waals surface area contributed by atoms with Crippen molar-refractivity contribution in [2.75, 3.05) is 36.4 Å². The molecule has 2 aromatic rings. The normalized spacial score (nSPS) is 17.2. The number of para-hydroxylation sites is 1. The molecule has 4 nitrogen and oxygen atoms in total. The number of hydrogen-bond acceptors (Lipinski definition) is 3. The van der Waals surface area contributed by atoms with Gasteiger partial charge in [-0.2, -0.15) is 0 Å². The third-order valence-corrected chi connectivity index (χ3v) is 6.01. The molecular formula is C23H30ClN3O. The summed E-state index contributed by atoms with van der Waals surface area (Å²) in [4.78, 5) is 17.5. The maximum atomic E-state index is 12.9. The molecule has 5 heteroatoms. The van der Waals surface area contributed by atoms with Crippen LogP contribution in [0.3, 0.4) is 0 Å². The van der Waals surface area contributed by atoms with Gasteiger partial charge in [0.05, 0.1) is 6.04 Å². The second-order valence-corrected chi connectivity index (χ2v) is 8.00. The van der Waals surface area contributed by atoms with Gasteiger partial charge >= 0.3 is 0 Å². The third kappa shape index (κ3) is 4.86. The van der Waals surface area contributed by atoms with Gasteiger partial charge < -0.3 is 10.2 Å². The SMILES string of the molecule is CC[C@@H](C)c1ccccc1NC(=O)[C@@H](C)N1CCN(c2cccc(Cl)c2)CC1. The Morgan fingerprint density at radius 1 is 1.07 bits per heavy atom. The lowest BCUT2D eigenvalue weighted by Gasteiger charge is -2.38. The van der Waals surface area contributed by atoms with E-state index in [0.29, 0.717) is 5.92 Å². The van der Waals surface area contributed by atoms with Crippen LogP contribution in [0.4, 0.5) is 11.4 Å². The highest BCUT2D eigenvalue weighted by molar-refractivity contribution is 6.30. The molecule has 0 bridgehead atoms. The zero-order valence-corrected chi connectivity index (χ0v) is 17.7. The van der Waals surface area contributed by atoms with Crippen molar-refractivity contribution in [2.45, 2.75) is 39.2 Å². The van der Waals surface area contributed by atoms with Gasteiger partial charge in [0.2, 0.25) is 5.91 Å². The van der Waals surface area contributed by atoms with E-state index in [9.17, 15) is 4.79 Å². The number of rotatable bonds is 6. The molecule has 1 N–H and O–H groups in total. The van der Waals surface area contributed by atoms with Crippen LogP contribution in [0.1, 0.15) is 38.7 Å². The van der Waals surface area contributed by atoms with Crippen molar-refractivity contribution in [3.63, 3.8) is 0 Å². The number of carbonyl (C=O) groups is 1. The van der Waals surface area contributed by atoms with Gasteiger partial charge in [-0.05, 0) is 49.1 Å². The van der Waals surface area contributed by atoms with E-state index in [-0.39, 0.29) is 11.9 Å². The van der Waals surface area contributed by atoms with Crippen molar-refractivity contribution in [3.8, 4) is 0 Å². The fourth-order valence-electron chi connectivity index (χ4n) is 3.70. The first-order valence-electron chi connectivity index (χ1n) is 10.1. The Balaban J connectivity index is 1.59. The maximum absolute atomic E-state index is 12.9. The molecule has 1 amide bonds. The van der Waals surface area contributed by atoms with Crippen LogP contribution in [-0.4, -0.2) is 43.0 Å². The van der Waals surface area contributed by atoms with Crippen molar-refractivity contribution in [1.29, 1.82) is 0 Å². The zero-order valence-electron chi connectivity index (χ0n) is 17.0. The van der Waals surface area contributed by atoms with Crippen LogP contribution in [0.5, 0.6) is 0 Å². The van der Waals surface area contributed by atoms with E-state index >= 15 is 0 Å². The van der Waals surface area contributed by atoms with Gasteiger partial charge in [0, 0.05) is 42.6 Å². The standard InChI is InChI=1S/C23H30ClN3O/c1-4-17(2)21-10-5-6-11-22(21)25-23(28)18(3)26-12-14-27(15-13-26)20-9-7-8-19(24)16-20/h5-11,16-18H,4,12-15H2,1-3H3,(H,25,28)/t17-,18-/m1/s1.